The van der Waals surface area contributed by atoms with Gasteiger partial charge in [-0.05, 0) is 36.2 Å². The molecule has 0 unspecified atom stereocenters. The van der Waals surface area contributed by atoms with E-state index in [1.807, 2.05) is 34.9 Å². The monoisotopic (exact) mass is 315 g/mol. The SMILES string of the molecule is Cc1ccccc1Cn1c(N)nc2cc(Br)ccc21. The normalized spacial score (nSPS) is 11.1. The first-order chi connectivity index (χ1) is 9.15. The van der Waals surface area contributed by atoms with Gasteiger partial charge in [-0.25, -0.2) is 4.98 Å². The summed E-state index contributed by atoms with van der Waals surface area (Å²) in [7, 11) is 0. The lowest BCUT2D eigenvalue weighted by Gasteiger charge is -2.09. The van der Waals surface area contributed by atoms with Gasteiger partial charge in [0.25, 0.3) is 0 Å². The predicted octanol–water partition coefficient (Wildman–Crippen LogP) is 3.74. The van der Waals surface area contributed by atoms with Gasteiger partial charge in [-0.1, -0.05) is 40.2 Å². The third-order valence-corrected chi connectivity index (χ3v) is 3.82. The second-order valence-corrected chi connectivity index (χ2v) is 5.53. The van der Waals surface area contributed by atoms with Crippen LogP contribution < -0.4 is 5.73 Å². The Morgan fingerprint density at radius 3 is 2.79 bits per heavy atom. The summed E-state index contributed by atoms with van der Waals surface area (Å²) in [6, 6.07) is 14.4. The summed E-state index contributed by atoms with van der Waals surface area (Å²) in [5.41, 5.74) is 10.5. The quantitative estimate of drug-likeness (QED) is 0.783. The minimum atomic E-state index is 0.552. The summed E-state index contributed by atoms with van der Waals surface area (Å²) in [5, 5.41) is 0. The zero-order valence-electron chi connectivity index (χ0n) is 10.6. The van der Waals surface area contributed by atoms with Crippen LogP contribution in [0.2, 0.25) is 0 Å². The average molecular weight is 316 g/mol. The van der Waals surface area contributed by atoms with Crippen LogP contribution in [0.4, 0.5) is 5.95 Å². The Hall–Kier alpha value is -1.81. The van der Waals surface area contributed by atoms with E-state index in [1.165, 1.54) is 11.1 Å². The third kappa shape index (κ3) is 2.24. The van der Waals surface area contributed by atoms with Gasteiger partial charge in [0.2, 0.25) is 5.95 Å². The molecule has 0 radical (unpaired) electrons. The maximum absolute atomic E-state index is 6.04. The molecule has 3 aromatic rings. The van der Waals surface area contributed by atoms with Crippen LogP contribution in [0.3, 0.4) is 0 Å². The summed E-state index contributed by atoms with van der Waals surface area (Å²) in [5.74, 6) is 0.552. The molecule has 3 rings (SSSR count). The van der Waals surface area contributed by atoms with Crippen molar-refractivity contribution in [3.63, 3.8) is 0 Å². The molecule has 0 aliphatic rings. The summed E-state index contributed by atoms with van der Waals surface area (Å²) in [6.45, 7) is 2.86. The molecule has 0 aliphatic carbocycles. The number of benzene rings is 2. The highest BCUT2D eigenvalue weighted by atomic mass is 79.9. The van der Waals surface area contributed by atoms with Crippen molar-refractivity contribution in [2.45, 2.75) is 13.5 Å². The smallest absolute Gasteiger partial charge is 0.201 e. The van der Waals surface area contributed by atoms with Crippen molar-refractivity contribution in [1.29, 1.82) is 0 Å². The molecule has 0 bridgehead atoms. The Labute approximate surface area is 120 Å². The van der Waals surface area contributed by atoms with Crippen molar-refractivity contribution >= 4 is 32.9 Å². The summed E-state index contributed by atoms with van der Waals surface area (Å²) in [6.07, 6.45) is 0. The predicted molar refractivity (Wildman–Crippen MR) is 82.1 cm³/mol. The molecule has 4 heteroatoms. The number of imidazole rings is 1. The molecule has 0 atom stereocenters. The average Bonchev–Trinajstić information content (AvgIpc) is 2.68. The standard InChI is InChI=1S/C15H14BrN3/c1-10-4-2-3-5-11(10)9-19-14-7-6-12(16)8-13(14)18-15(19)17/h2-8H,9H2,1H3,(H2,17,18). The van der Waals surface area contributed by atoms with E-state index in [4.69, 9.17) is 5.73 Å². The van der Waals surface area contributed by atoms with Gasteiger partial charge >= 0.3 is 0 Å². The number of rotatable bonds is 2. The minimum absolute atomic E-state index is 0.552. The Balaban J connectivity index is 2.10. The second-order valence-electron chi connectivity index (χ2n) is 4.62. The topological polar surface area (TPSA) is 43.8 Å². The van der Waals surface area contributed by atoms with Crippen LogP contribution in [0.1, 0.15) is 11.1 Å². The molecule has 0 spiro atoms. The zero-order valence-corrected chi connectivity index (χ0v) is 12.2. The molecule has 0 saturated heterocycles. The highest BCUT2D eigenvalue weighted by Crippen LogP contribution is 2.23. The molecular formula is C15H14BrN3. The molecule has 1 aromatic heterocycles. The molecule has 0 amide bonds. The number of halogens is 1. The van der Waals surface area contributed by atoms with Gasteiger partial charge in [0.05, 0.1) is 17.6 Å². The fraction of sp³-hybridized carbons (Fsp3) is 0.133. The molecule has 0 aliphatic heterocycles. The summed E-state index contributed by atoms with van der Waals surface area (Å²) in [4.78, 5) is 4.41. The lowest BCUT2D eigenvalue weighted by molar-refractivity contribution is 0.832. The maximum Gasteiger partial charge on any atom is 0.201 e. The van der Waals surface area contributed by atoms with Crippen molar-refractivity contribution in [3.05, 3.63) is 58.1 Å². The highest BCUT2D eigenvalue weighted by molar-refractivity contribution is 9.10. The molecule has 2 aromatic carbocycles. The van der Waals surface area contributed by atoms with Gasteiger partial charge in [0.15, 0.2) is 0 Å². The molecule has 3 nitrogen and oxygen atoms in total. The molecule has 0 saturated carbocycles. The van der Waals surface area contributed by atoms with Crippen molar-refractivity contribution in [1.82, 2.24) is 9.55 Å². The van der Waals surface area contributed by atoms with Crippen LogP contribution >= 0.6 is 15.9 Å². The lowest BCUT2D eigenvalue weighted by Crippen LogP contribution is -2.05. The van der Waals surface area contributed by atoms with Crippen LogP contribution in [-0.2, 0) is 6.54 Å². The molecule has 0 fully saturated rings. The van der Waals surface area contributed by atoms with Crippen LogP contribution in [0.15, 0.2) is 46.9 Å². The lowest BCUT2D eigenvalue weighted by atomic mass is 10.1. The number of nitrogens with two attached hydrogens (primary N) is 1. The Kier molecular flexibility index (Phi) is 3.03. The Morgan fingerprint density at radius 1 is 1.21 bits per heavy atom. The number of fused-ring (bicyclic) bond motifs is 1. The highest BCUT2D eigenvalue weighted by Gasteiger charge is 2.09. The summed E-state index contributed by atoms with van der Waals surface area (Å²) < 4.78 is 3.06. The number of anilines is 1. The number of nitrogens with zero attached hydrogens (tertiary/aromatic N) is 2. The molecule has 1 heterocycles. The van der Waals surface area contributed by atoms with Gasteiger partial charge in [0, 0.05) is 4.47 Å². The fourth-order valence-electron chi connectivity index (χ4n) is 2.25. The van der Waals surface area contributed by atoms with Crippen molar-refractivity contribution < 1.29 is 0 Å². The number of aromatic nitrogens is 2. The molecule has 96 valence electrons. The van der Waals surface area contributed by atoms with E-state index in [9.17, 15) is 0 Å². The van der Waals surface area contributed by atoms with Gasteiger partial charge in [0.1, 0.15) is 0 Å². The second kappa shape index (κ2) is 4.70. The van der Waals surface area contributed by atoms with Gasteiger partial charge in [-0.15, -0.1) is 0 Å². The van der Waals surface area contributed by atoms with Crippen LogP contribution in [0.25, 0.3) is 11.0 Å². The van der Waals surface area contributed by atoms with Crippen LogP contribution in [-0.4, -0.2) is 9.55 Å². The third-order valence-electron chi connectivity index (χ3n) is 3.33. The molecular weight excluding hydrogens is 302 g/mol. The van der Waals surface area contributed by atoms with E-state index >= 15 is 0 Å². The van der Waals surface area contributed by atoms with Crippen molar-refractivity contribution in [2.75, 3.05) is 5.73 Å². The van der Waals surface area contributed by atoms with Gasteiger partial charge in [-0.2, -0.15) is 0 Å². The van der Waals surface area contributed by atoms with Gasteiger partial charge in [-0.3, -0.25) is 0 Å². The van der Waals surface area contributed by atoms with E-state index in [2.05, 4.69) is 40.0 Å². The van der Waals surface area contributed by atoms with E-state index in [0.29, 0.717) is 5.95 Å². The first-order valence-electron chi connectivity index (χ1n) is 6.11. The number of nitrogen functional groups attached to an aromatic ring is 1. The fourth-order valence-corrected chi connectivity index (χ4v) is 2.59. The molecule has 2 N–H and O–H groups in total. The zero-order chi connectivity index (χ0) is 13.4. The van der Waals surface area contributed by atoms with Crippen molar-refractivity contribution in [3.8, 4) is 0 Å². The number of aryl methyl sites for hydroxylation is 1. The van der Waals surface area contributed by atoms with E-state index in [-0.39, 0.29) is 0 Å². The van der Waals surface area contributed by atoms with Crippen LogP contribution in [0.5, 0.6) is 0 Å². The van der Waals surface area contributed by atoms with E-state index < -0.39 is 0 Å². The Bertz CT molecular complexity index is 746. The van der Waals surface area contributed by atoms with Crippen LogP contribution in [0, 0.1) is 6.92 Å². The first-order valence-corrected chi connectivity index (χ1v) is 6.90. The number of hydrogen-bond acceptors (Lipinski definition) is 2. The number of hydrogen-bond donors (Lipinski definition) is 1. The Morgan fingerprint density at radius 2 is 2.00 bits per heavy atom. The molecule has 19 heavy (non-hydrogen) atoms. The van der Waals surface area contributed by atoms with E-state index in [1.54, 1.807) is 0 Å². The first kappa shape index (κ1) is 12.2. The van der Waals surface area contributed by atoms with E-state index in [0.717, 1.165) is 22.1 Å². The summed E-state index contributed by atoms with van der Waals surface area (Å²) >= 11 is 3.45. The minimum Gasteiger partial charge on any atom is -0.369 e. The maximum atomic E-state index is 6.04. The largest absolute Gasteiger partial charge is 0.369 e. The van der Waals surface area contributed by atoms with Crippen molar-refractivity contribution in [2.24, 2.45) is 0 Å². The van der Waals surface area contributed by atoms with Gasteiger partial charge < -0.3 is 10.3 Å².